The van der Waals surface area contributed by atoms with Crippen molar-refractivity contribution in [3.63, 3.8) is 0 Å². The molecule has 6 aliphatic heterocycles. The average molecular weight is 1200 g/mol. The van der Waals surface area contributed by atoms with E-state index in [1.807, 2.05) is 0 Å². The van der Waals surface area contributed by atoms with Crippen LogP contribution in [0.25, 0.3) is 0 Å². The van der Waals surface area contributed by atoms with Crippen molar-refractivity contribution in [3.8, 4) is 0 Å². The lowest BCUT2D eigenvalue weighted by molar-refractivity contribution is -0.388. The molecule has 6 aliphatic rings. The minimum atomic E-state index is -3.01. The first kappa shape index (κ1) is 67.8. The highest BCUT2D eigenvalue weighted by molar-refractivity contribution is 5.77. The van der Waals surface area contributed by atoms with Crippen molar-refractivity contribution in [1.29, 1.82) is 0 Å². The molecule has 0 aliphatic carbocycles. The molecule has 0 aromatic rings. The molecule has 37 heteroatoms. The summed E-state index contributed by atoms with van der Waals surface area (Å²) in [5.74, 6) is -7.58. The number of amides is 3. The predicted molar refractivity (Wildman–Crippen MR) is 251 cm³/mol. The van der Waals surface area contributed by atoms with E-state index in [4.69, 9.17) is 52.1 Å². The molecule has 6 fully saturated rings. The lowest BCUT2D eigenvalue weighted by Gasteiger charge is -2.50. The second-order valence-electron chi connectivity index (χ2n) is 20.4. The van der Waals surface area contributed by atoms with Crippen molar-refractivity contribution in [3.05, 3.63) is 0 Å². The van der Waals surface area contributed by atoms with Gasteiger partial charge in [-0.1, -0.05) is 0 Å². The molecular formula is C45H75N3O34. The second-order valence-corrected chi connectivity index (χ2v) is 20.4. The van der Waals surface area contributed by atoms with Crippen molar-refractivity contribution >= 4 is 23.7 Å². The van der Waals surface area contributed by atoms with Gasteiger partial charge in [-0.25, -0.2) is 4.79 Å². The SMILES string of the molecule is CC(=O)N[C@H]1[C@H](O[C@H]2[C@@H](O)[C@@H](CO)O[C@@H](O[C@H]3[C@@H](O)[C@@H](CO)O[C@@H](O[C@H]4[C@H](O)[C@@H](O)[C@H](O)O[C@@H]4CO)[C@@H]3O)[C@@H]2O)O[C@H](CO)[C@@H](O[C@@H]2O[C@H](CO[C@]3(C(=O)O)C[C@H](O)[C@@H](NC(C)=O)[C@H]([C@H](O)[C@H](O)CO)O3)[C@H](O)[C@H](O)[C@H]2NC(C)=O)[C@@H]1O. The third-order valence-electron chi connectivity index (χ3n) is 14.6. The van der Waals surface area contributed by atoms with Gasteiger partial charge in [0.1, 0.15) is 140 Å². The first-order valence-electron chi connectivity index (χ1n) is 25.7. The Balaban J connectivity index is 1.23. The Bertz CT molecular complexity index is 2090. The van der Waals surface area contributed by atoms with Crippen LogP contribution in [0.1, 0.15) is 27.2 Å². The van der Waals surface area contributed by atoms with Gasteiger partial charge in [0, 0.05) is 27.2 Å². The highest BCUT2D eigenvalue weighted by atomic mass is 16.8. The van der Waals surface area contributed by atoms with E-state index in [2.05, 4.69) is 16.0 Å². The Labute approximate surface area is 463 Å². The van der Waals surface area contributed by atoms with E-state index in [1.54, 1.807) is 0 Å². The number of carboxylic acids is 1. The fourth-order valence-electron chi connectivity index (χ4n) is 10.3. The third-order valence-corrected chi connectivity index (χ3v) is 14.6. The van der Waals surface area contributed by atoms with E-state index in [1.165, 1.54) is 0 Å². The van der Waals surface area contributed by atoms with Gasteiger partial charge in [0.25, 0.3) is 5.79 Å². The zero-order valence-electron chi connectivity index (χ0n) is 43.9. The normalized spacial score (nSPS) is 46.3. The molecule has 0 unspecified atom stereocenters. The number of ether oxygens (including phenoxy) is 11. The Morgan fingerprint density at radius 2 is 0.902 bits per heavy atom. The minimum absolute atomic E-state index is 0.797. The highest BCUT2D eigenvalue weighted by Crippen LogP contribution is 2.38. The van der Waals surface area contributed by atoms with Crippen molar-refractivity contribution in [2.24, 2.45) is 0 Å². The molecule has 22 N–H and O–H groups in total. The highest BCUT2D eigenvalue weighted by Gasteiger charge is 2.60. The molecule has 6 saturated heterocycles. The van der Waals surface area contributed by atoms with E-state index in [-0.39, 0.29) is 0 Å². The fraction of sp³-hybridized carbons (Fsp3) is 0.911. The van der Waals surface area contributed by atoms with E-state index >= 15 is 0 Å². The van der Waals surface area contributed by atoms with Gasteiger partial charge >= 0.3 is 5.97 Å². The molecule has 0 aromatic heterocycles. The van der Waals surface area contributed by atoms with E-state index < -0.39 is 259 Å². The number of aliphatic hydroxyl groups excluding tert-OH is 18. The average Bonchev–Trinajstić information content (AvgIpc) is 2.33. The molecule has 0 saturated carbocycles. The molecule has 6 heterocycles. The molecule has 0 radical (unpaired) electrons. The number of aliphatic carboxylic acids is 1. The maximum atomic E-state index is 12.9. The number of carbonyl (C=O) groups is 4. The summed E-state index contributed by atoms with van der Waals surface area (Å²) >= 11 is 0. The molecule has 474 valence electrons. The Kier molecular flexibility index (Phi) is 23.9. The lowest BCUT2D eigenvalue weighted by atomic mass is 9.88. The molecule has 31 atom stereocenters. The number of hydrogen-bond donors (Lipinski definition) is 22. The van der Waals surface area contributed by atoms with Crippen LogP contribution in [0.15, 0.2) is 0 Å². The van der Waals surface area contributed by atoms with E-state index in [9.17, 15) is 116 Å². The number of nitrogens with one attached hydrogen (secondary N) is 3. The number of aliphatic hydroxyl groups is 18. The third kappa shape index (κ3) is 14.7. The van der Waals surface area contributed by atoms with Gasteiger partial charge in [0.15, 0.2) is 31.5 Å². The Morgan fingerprint density at radius 3 is 1.38 bits per heavy atom. The Morgan fingerprint density at radius 1 is 0.488 bits per heavy atom. The van der Waals surface area contributed by atoms with Crippen LogP contribution in [0.3, 0.4) is 0 Å². The van der Waals surface area contributed by atoms with Crippen molar-refractivity contribution in [2.75, 3.05) is 39.6 Å². The van der Waals surface area contributed by atoms with Gasteiger partial charge in [-0.3, -0.25) is 14.4 Å². The second kappa shape index (κ2) is 28.9. The van der Waals surface area contributed by atoms with E-state index in [0.717, 1.165) is 20.8 Å². The van der Waals surface area contributed by atoms with Crippen LogP contribution in [-0.2, 0) is 71.3 Å². The minimum Gasteiger partial charge on any atom is -0.477 e. The molecule has 0 bridgehead atoms. The van der Waals surface area contributed by atoms with Gasteiger partial charge < -0.3 is 165 Å². The van der Waals surface area contributed by atoms with Crippen LogP contribution in [0.2, 0.25) is 0 Å². The summed E-state index contributed by atoms with van der Waals surface area (Å²) < 4.78 is 62.6. The topological polar surface area (TPSA) is 590 Å². The summed E-state index contributed by atoms with van der Waals surface area (Å²) in [5.41, 5.74) is 0. The summed E-state index contributed by atoms with van der Waals surface area (Å²) in [6.45, 7) is -3.43. The number of carboxylic acid groups (broad SMARTS) is 1. The number of carbonyl (C=O) groups excluding carboxylic acids is 3. The first-order valence-corrected chi connectivity index (χ1v) is 25.7. The van der Waals surface area contributed by atoms with Crippen LogP contribution in [0, 0.1) is 0 Å². The van der Waals surface area contributed by atoms with Gasteiger partial charge in [-0.15, -0.1) is 0 Å². The molecule has 6 rings (SSSR count). The Hall–Kier alpha value is -3.28. The molecule has 82 heavy (non-hydrogen) atoms. The summed E-state index contributed by atoms with van der Waals surface area (Å²) in [6.07, 6.45) is -55.1. The summed E-state index contributed by atoms with van der Waals surface area (Å²) in [7, 11) is 0. The van der Waals surface area contributed by atoms with Crippen LogP contribution in [-0.4, -0.2) is 350 Å². The quantitative estimate of drug-likeness (QED) is 0.0479. The van der Waals surface area contributed by atoms with E-state index in [0.29, 0.717) is 0 Å². The lowest BCUT2D eigenvalue weighted by Crippen LogP contribution is -2.71. The van der Waals surface area contributed by atoms with Gasteiger partial charge in [0.2, 0.25) is 17.7 Å². The molecule has 3 amide bonds. The fourth-order valence-corrected chi connectivity index (χ4v) is 10.3. The molecule has 37 nitrogen and oxygen atoms in total. The summed E-state index contributed by atoms with van der Waals surface area (Å²) in [4.78, 5) is 50.1. The predicted octanol–water partition coefficient (Wildman–Crippen LogP) is -14.5. The molecular weight excluding hydrogens is 1130 g/mol. The number of hydrogen-bond acceptors (Lipinski definition) is 33. The molecule has 0 spiro atoms. The van der Waals surface area contributed by atoms with Crippen molar-refractivity contribution in [2.45, 2.75) is 217 Å². The number of rotatable bonds is 22. The zero-order valence-corrected chi connectivity index (χ0v) is 43.9. The van der Waals surface area contributed by atoms with Crippen LogP contribution in [0.5, 0.6) is 0 Å². The zero-order chi connectivity index (χ0) is 61.0. The van der Waals surface area contributed by atoms with Gasteiger partial charge in [-0.05, 0) is 0 Å². The smallest absolute Gasteiger partial charge is 0.364 e. The van der Waals surface area contributed by atoms with Crippen LogP contribution < -0.4 is 16.0 Å². The van der Waals surface area contributed by atoms with Crippen molar-refractivity contribution in [1.82, 2.24) is 16.0 Å². The molecule has 0 aromatic carbocycles. The van der Waals surface area contributed by atoms with Crippen LogP contribution >= 0.6 is 0 Å². The maximum Gasteiger partial charge on any atom is 0.364 e. The summed E-state index contributed by atoms with van der Waals surface area (Å²) in [6, 6.07) is -5.30. The largest absolute Gasteiger partial charge is 0.477 e. The van der Waals surface area contributed by atoms with Gasteiger partial charge in [0.05, 0.1) is 51.8 Å². The standard InChI is InChI=1S/C45H75N3O34/c1-11(54)46-21-14(57)4-45(44(70)71,82-36(21)24(59)15(58)5-49)72-10-20-25(60)28(63)22(47-12(2)55)40(77-20)78-34-19(9-53)76-41(23(29(34)64)48-13(3)56)80-37-26(61)16(6-50)75-43(32(37)67)81-38-27(62)17(7-51)74-42(33(38)68)79-35-18(8-52)73-39(69)31(66)30(35)65/h14-43,49-53,57-69H,4-10H2,1-3H3,(H,46,54)(H,47,55)(H,48,56)(H,70,71)/t14-,15+,16+,17+,18+,19+,20+,21+,22+,23+,24+,25-,26-,27-,28+,29+,30+,31+,32+,33+,34+,35+,36+,37-,38-,39+,40-,41-,42-,43-,45+/m0/s1. The van der Waals surface area contributed by atoms with Gasteiger partial charge in [-0.2, -0.15) is 0 Å². The van der Waals surface area contributed by atoms with Crippen LogP contribution in [0.4, 0.5) is 0 Å². The monoisotopic (exact) mass is 1200 g/mol. The summed E-state index contributed by atoms with van der Waals surface area (Å²) in [5, 5.41) is 211. The maximum absolute atomic E-state index is 12.9. The van der Waals surface area contributed by atoms with Crippen molar-refractivity contribution < 1.29 is 168 Å². The first-order chi connectivity index (χ1) is 38.6.